The monoisotopic (exact) mass is 388 g/mol. The van der Waals surface area contributed by atoms with Crippen molar-refractivity contribution in [2.75, 3.05) is 27.2 Å². The number of para-hydroxylation sites is 1. The predicted molar refractivity (Wildman–Crippen MR) is 108 cm³/mol. The molecule has 2 aliphatic rings. The summed E-state index contributed by atoms with van der Waals surface area (Å²) in [5.41, 5.74) is 0.311. The molecule has 1 aromatic carbocycles. The fraction of sp³-hybridized carbons (Fsp3) is 0.652. The number of likely N-dealkylation sites (N-methyl/N-ethyl adjacent to an activating group) is 1. The summed E-state index contributed by atoms with van der Waals surface area (Å²) in [5, 5.41) is 0. The molecular weight excluding hydrogens is 354 g/mol. The Labute approximate surface area is 168 Å². The Morgan fingerprint density at radius 2 is 1.79 bits per heavy atom. The number of carbonyl (C=O) groups excluding carboxylic acids is 2. The molecule has 0 radical (unpaired) electrons. The number of hydrogen-bond acceptors (Lipinski definition) is 4. The molecule has 2 saturated carbocycles. The summed E-state index contributed by atoms with van der Waals surface area (Å²) in [4.78, 5) is 24.7. The SMILES string of the molecule is CC1(C)[C@H]2CC[C@]1(C)[C@H](OC(=O)CC[N+](C)(C)CC(=O)Oc1ccccc1)C2. The largest absolute Gasteiger partial charge is 0.462 e. The van der Waals surface area contributed by atoms with Crippen LogP contribution < -0.4 is 4.74 Å². The summed E-state index contributed by atoms with van der Waals surface area (Å²) >= 11 is 0. The van der Waals surface area contributed by atoms with Gasteiger partial charge in [-0.3, -0.25) is 4.79 Å². The number of quaternary nitrogens is 1. The van der Waals surface area contributed by atoms with E-state index in [1.807, 2.05) is 32.3 Å². The molecule has 0 N–H and O–H groups in total. The van der Waals surface area contributed by atoms with E-state index in [2.05, 4.69) is 20.8 Å². The van der Waals surface area contributed by atoms with E-state index in [9.17, 15) is 9.59 Å². The first kappa shape index (κ1) is 20.8. The first-order valence-corrected chi connectivity index (χ1v) is 10.3. The van der Waals surface area contributed by atoms with Crippen LogP contribution in [0.4, 0.5) is 0 Å². The van der Waals surface area contributed by atoms with Crippen LogP contribution in [0.3, 0.4) is 0 Å². The van der Waals surface area contributed by atoms with E-state index in [-0.39, 0.29) is 35.4 Å². The lowest BCUT2D eigenvalue weighted by molar-refractivity contribution is -0.882. The molecule has 3 atom stereocenters. The zero-order valence-corrected chi connectivity index (χ0v) is 17.9. The number of ether oxygens (including phenoxy) is 2. The minimum Gasteiger partial charge on any atom is -0.462 e. The summed E-state index contributed by atoms with van der Waals surface area (Å²) in [7, 11) is 3.86. The average molecular weight is 389 g/mol. The smallest absolute Gasteiger partial charge is 0.367 e. The highest BCUT2D eigenvalue weighted by molar-refractivity contribution is 5.73. The van der Waals surface area contributed by atoms with Crippen LogP contribution in [0.2, 0.25) is 0 Å². The quantitative estimate of drug-likeness (QED) is 0.405. The first-order valence-electron chi connectivity index (χ1n) is 10.3. The van der Waals surface area contributed by atoms with Gasteiger partial charge in [0.2, 0.25) is 0 Å². The van der Waals surface area contributed by atoms with Gasteiger partial charge in [0.05, 0.1) is 27.1 Å². The highest BCUT2D eigenvalue weighted by Crippen LogP contribution is 2.66. The van der Waals surface area contributed by atoms with Gasteiger partial charge in [0, 0.05) is 5.41 Å². The molecule has 5 heteroatoms. The Bertz CT molecular complexity index is 727. The highest BCUT2D eigenvalue weighted by Gasteiger charge is 2.62. The Morgan fingerprint density at radius 1 is 1.11 bits per heavy atom. The molecule has 2 aliphatic carbocycles. The predicted octanol–water partition coefficient (Wildman–Crippen LogP) is 3.82. The van der Waals surface area contributed by atoms with E-state index >= 15 is 0 Å². The van der Waals surface area contributed by atoms with Gasteiger partial charge in [0.1, 0.15) is 11.9 Å². The van der Waals surface area contributed by atoms with Crippen LogP contribution in [-0.4, -0.2) is 49.7 Å². The van der Waals surface area contributed by atoms with Crippen molar-refractivity contribution in [3.8, 4) is 5.75 Å². The third-order valence-electron chi connectivity index (χ3n) is 7.44. The standard InChI is InChI=1S/C23H34NO4/c1-22(2)17-11-13-23(22,3)19(15-17)28-20(25)12-14-24(4,5)16-21(26)27-18-9-7-6-8-10-18/h6-10,17,19H,11-16H2,1-5H3/q+1/t17-,19+,23+/m0/s1. The van der Waals surface area contributed by atoms with Crippen molar-refractivity contribution >= 4 is 11.9 Å². The Balaban J connectivity index is 1.47. The van der Waals surface area contributed by atoms with E-state index in [1.54, 1.807) is 12.1 Å². The molecule has 2 bridgehead atoms. The molecule has 0 heterocycles. The maximum absolute atomic E-state index is 12.5. The number of rotatable bonds is 7. The minimum absolute atomic E-state index is 0.0207. The maximum atomic E-state index is 12.5. The summed E-state index contributed by atoms with van der Waals surface area (Å²) in [5.74, 6) is 0.735. The second kappa shape index (κ2) is 7.51. The molecule has 154 valence electrons. The van der Waals surface area contributed by atoms with Crippen LogP contribution in [0, 0.1) is 16.7 Å². The summed E-state index contributed by atoms with van der Waals surface area (Å²) in [6, 6.07) is 9.05. The average Bonchev–Trinajstić information content (AvgIpc) is 2.94. The van der Waals surface area contributed by atoms with Crippen molar-refractivity contribution in [2.24, 2.45) is 16.7 Å². The van der Waals surface area contributed by atoms with Gasteiger partial charge in [0.25, 0.3) is 0 Å². The number of esters is 2. The third-order valence-corrected chi connectivity index (χ3v) is 7.44. The summed E-state index contributed by atoms with van der Waals surface area (Å²) < 4.78 is 11.7. The Morgan fingerprint density at radius 3 is 2.36 bits per heavy atom. The highest BCUT2D eigenvalue weighted by atomic mass is 16.5. The molecule has 3 rings (SSSR count). The zero-order valence-electron chi connectivity index (χ0n) is 17.9. The third kappa shape index (κ3) is 4.09. The molecule has 0 spiro atoms. The molecule has 5 nitrogen and oxygen atoms in total. The van der Waals surface area contributed by atoms with Crippen LogP contribution in [-0.2, 0) is 14.3 Å². The second-order valence-electron chi connectivity index (χ2n) is 9.94. The van der Waals surface area contributed by atoms with E-state index in [0.717, 1.165) is 12.8 Å². The molecule has 1 aromatic rings. The van der Waals surface area contributed by atoms with Crippen LogP contribution in [0.25, 0.3) is 0 Å². The maximum Gasteiger partial charge on any atom is 0.367 e. The van der Waals surface area contributed by atoms with E-state index < -0.39 is 0 Å². The van der Waals surface area contributed by atoms with Gasteiger partial charge in [-0.2, -0.15) is 0 Å². The fourth-order valence-corrected chi connectivity index (χ4v) is 5.00. The number of fused-ring (bicyclic) bond motifs is 2. The summed E-state index contributed by atoms with van der Waals surface area (Å²) in [6.45, 7) is 7.66. The number of hydrogen-bond donors (Lipinski definition) is 0. The van der Waals surface area contributed by atoms with Crippen LogP contribution in [0.15, 0.2) is 30.3 Å². The Hall–Kier alpha value is -1.88. The summed E-state index contributed by atoms with van der Waals surface area (Å²) in [6.07, 6.45) is 3.69. The molecular formula is C23H34NO4+. The lowest BCUT2D eigenvalue weighted by Gasteiger charge is -2.38. The number of carbonyl (C=O) groups is 2. The number of benzene rings is 1. The van der Waals surface area contributed by atoms with Crippen molar-refractivity contribution in [3.63, 3.8) is 0 Å². The zero-order chi connectivity index (χ0) is 20.6. The van der Waals surface area contributed by atoms with Gasteiger partial charge >= 0.3 is 11.9 Å². The van der Waals surface area contributed by atoms with Gasteiger partial charge in [-0.05, 0) is 42.7 Å². The molecule has 2 fully saturated rings. The molecule has 0 amide bonds. The van der Waals surface area contributed by atoms with E-state index in [0.29, 0.717) is 29.1 Å². The minimum atomic E-state index is -0.299. The molecule has 28 heavy (non-hydrogen) atoms. The lowest BCUT2D eigenvalue weighted by atomic mass is 9.70. The van der Waals surface area contributed by atoms with Crippen molar-refractivity contribution in [3.05, 3.63) is 30.3 Å². The van der Waals surface area contributed by atoms with Crippen LogP contribution in [0.5, 0.6) is 5.75 Å². The topological polar surface area (TPSA) is 52.6 Å². The van der Waals surface area contributed by atoms with Gasteiger partial charge in [-0.1, -0.05) is 39.0 Å². The van der Waals surface area contributed by atoms with Crippen molar-refractivity contribution in [2.45, 2.75) is 52.6 Å². The molecule has 0 saturated heterocycles. The van der Waals surface area contributed by atoms with E-state index in [1.165, 1.54) is 6.42 Å². The van der Waals surface area contributed by atoms with Gasteiger partial charge in [-0.25, -0.2) is 4.79 Å². The van der Waals surface area contributed by atoms with Crippen LogP contribution in [0.1, 0.15) is 46.5 Å². The van der Waals surface area contributed by atoms with Crippen molar-refractivity contribution in [1.82, 2.24) is 0 Å². The van der Waals surface area contributed by atoms with Crippen molar-refractivity contribution in [1.29, 1.82) is 0 Å². The fourth-order valence-electron chi connectivity index (χ4n) is 5.00. The first-order chi connectivity index (χ1) is 13.0. The lowest BCUT2D eigenvalue weighted by Crippen LogP contribution is -2.46. The van der Waals surface area contributed by atoms with E-state index in [4.69, 9.17) is 9.47 Å². The van der Waals surface area contributed by atoms with Gasteiger partial charge in [-0.15, -0.1) is 0 Å². The van der Waals surface area contributed by atoms with Gasteiger partial charge < -0.3 is 14.0 Å². The molecule has 0 aromatic heterocycles. The number of nitrogens with zero attached hydrogens (tertiary/aromatic N) is 1. The van der Waals surface area contributed by atoms with Gasteiger partial charge in [0.15, 0.2) is 6.54 Å². The normalized spacial score (nSPS) is 28.2. The molecule has 0 unspecified atom stereocenters. The second-order valence-corrected chi connectivity index (χ2v) is 9.94. The van der Waals surface area contributed by atoms with Crippen molar-refractivity contribution < 1.29 is 23.5 Å². The van der Waals surface area contributed by atoms with Crippen LogP contribution >= 0.6 is 0 Å². The molecule has 0 aliphatic heterocycles. The Kier molecular flexibility index (Phi) is 5.59.